The third-order valence-corrected chi connectivity index (χ3v) is 4.46. The highest BCUT2D eigenvalue weighted by molar-refractivity contribution is 5.51. The number of nitrogens with zero attached hydrogens (tertiary/aromatic N) is 3. The van der Waals surface area contributed by atoms with Crippen molar-refractivity contribution in [2.45, 2.75) is 44.6 Å². The largest absolute Gasteiger partial charge is 0.370 e. The zero-order valence-electron chi connectivity index (χ0n) is 13.9. The Morgan fingerprint density at radius 1 is 1.13 bits per heavy atom. The van der Waals surface area contributed by atoms with Gasteiger partial charge in [0.25, 0.3) is 5.56 Å². The molecular formula is C16H25N5O2. The average molecular weight is 319 g/mol. The fraction of sp³-hybridized carbons (Fsp3) is 0.688. The molecule has 1 aromatic heterocycles. The van der Waals surface area contributed by atoms with E-state index in [9.17, 15) is 14.9 Å². The quantitative estimate of drug-likeness (QED) is 0.752. The van der Waals surface area contributed by atoms with E-state index in [0.29, 0.717) is 18.4 Å². The van der Waals surface area contributed by atoms with Crippen molar-refractivity contribution in [2.75, 3.05) is 18.4 Å². The normalized spacial score (nSPS) is 15.3. The lowest BCUT2D eigenvalue weighted by Crippen LogP contribution is -2.40. The lowest BCUT2D eigenvalue weighted by atomic mass is 9.95. The molecule has 1 aliphatic carbocycles. The van der Waals surface area contributed by atoms with Gasteiger partial charge in [0.15, 0.2) is 5.56 Å². The third-order valence-electron chi connectivity index (χ3n) is 4.46. The monoisotopic (exact) mass is 319 g/mol. The lowest BCUT2D eigenvalue weighted by molar-refractivity contribution is 0.373. The van der Waals surface area contributed by atoms with E-state index in [-0.39, 0.29) is 5.56 Å². The van der Waals surface area contributed by atoms with Crippen LogP contribution in [0.15, 0.2) is 9.59 Å². The van der Waals surface area contributed by atoms with Crippen molar-refractivity contribution in [2.24, 2.45) is 14.1 Å². The highest BCUT2D eigenvalue weighted by Gasteiger charge is 2.15. The van der Waals surface area contributed by atoms with Gasteiger partial charge in [-0.05, 0) is 25.8 Å². The van der Waals surface area contributed by atoms with Crippen molar-refractivity contribution in [1.29, 1.82) is 5.26 Å². The maximum atomic E-state index is 12.0. The highest BCUT2D eigenvalue weighted by Crippen LogP contribution is 2.17. The zero-order valence-corrected chi connectivity index (χ0v) is 13.9. The van der Waals surface area contributed by atoms with Gasteiger partial charge in [0.2, 0.25) is 0 Å². The first-order valence-electron chi connectivity index (χ1n) is 8.23. The molecule has 0 spiro atoms. The number of hydrogen-bond acceptors (Lipinski definition) is 5. The molecule has 2 N–H and O–H groups in total. The molecule has 1 aromatic rings. The molecule has 1 fully saturated rings. The van der Waals surface area contributed by atoms with Gasteiger partial charge in [0.05, 0.1) is 0 Å². The van der Waals surface area contributed by atoms with Gasteiger partial charge in [0.1, 0.15) is 11.9 Å². The Morgan fingerprint density at radius 3 is 2.48 bits per heavy atom. The molecule has 0 aliphatic heterocycles. The molecule has 7 nitrogen and oxygen atoms in total. The number of anilines is 1. The van der Waals surface area contributed by atoms with E-state index in [4.69, 9.17) is 0 Å². The maximum Gasteiger partial charge on any atom is 0.332 e. The molecule has 0 amide bonds. The fourth-order valence-electron chi connectivity index (χ4n) is 3.06. The van der Waals surface area contributed by atoms with Crippen LogP contribution in [0.3, 0.4) is 0 Å². The van der Waals surface area contributed by atoms with Gasteiger partial charge < -0.3 is 10.6 Å². The van der Waals surface area contributed by atoms with Crippen LogP contribution in [0, 0.1) is 11.3 Å². The van der Waals surface area contributed by atoms with E-state index < -0.39 is 11.2 Å². The van der Waals surface area contributed by atoms with E-state index in [1.165, 1.54) is 43.7 Å². The Kier molecular flexibility index (Phi) is 5.99. The fourth-order valence-corrected chi connectivity index (χ4v) is 3.06. The molecule has 0 unspecified atom stereocenters. The first-order valence-corrected chi connectivity index (χ1v) is 8.23. The second-order valence-corrected chi connectivity index (χ2v) is 6.11. The topological polar surface area (TPSA) is 91.8 Å². The SMILES string of the molecule is Cn1c(NCCCNC2CCCCC2)c(C#N)c(=O)n(C)c1=O. The Morgan fingerprint density at radius 2 is 1.83 bits per heavy atom. The number of rotatable bonds is 6. The van der Waals surface area contributed by atoms with E-state index in [1.807, 2.05) is 6.07 Å². The van der Waals surface area contributed by atoms with Crippen LogP contribution in [0.4, 0.5) is 5.82 Å². The van der Waals surface area contributed by atoms with Gasteiger partial charge in [-0.1, -0.05) is 19.3 Å². The lowest BCUT2D eigenvalue weighted by Gasteiger charge is -2.23. The zero-order chi connectivity index (χ0) is 16.8. The second kappa shape index (κ2) is 7.97. The van der Waals surface area contributed by atoms with Crippen LogP contribution >= 0.6 is 0 Å². The van der Waals surface area contributed by atoms with Crippen molar-refractivity contribution in [3.8, 4) is 6.07 Å². The van der Waals surface area contributed by atoms with Crippen molar-refractivity contribution in [3.63, 3.8) is 0 Å². The summed E-state index contributed by atoms with van der Waals surface area (Å²) in [6, 6.07) is 2.51. The molecule has 23 heavy (non-hydrogen) atoms. The summed E-state index contributed by atoms with van der Waals surface area (Å²) in [6.45, 7) is 1.49. The van der Waals surface area contributed by atoms with E-state index in [2.05, 4.69) is 10.6 Å². The molecule has 0 bridgehead atoms. The van der Waals surface area contributed by atoms with Gasteiger partial charge in [-0.25, -0.2) is 4.79 Å². The molecule has 7 heteroatoms. The molecule has 0 saturated heterocycles. The first kappa shape index (κ1) is 17.3. The molecule has 0 radical (unpaired) electrons. The maximum absolute atomic E-state index is 12.0. The molecular weight excluding hydrogens is 294 g/mol. The third kappa shape index (κ3) is 4.02. The minimum absolute atomic E-state index is 0.0187. The average Bonchev–Trinajstić information content (AvgIpc) is 2.58. The molecule has 1 heterocycles. The van der Waals surface area contributed by atoms with Crippen LogP contribution in [0.25, 0.3) is 0 Å². The van der Waals surface area contributed by atoms with Gasteiger partial charge >= 0.3 is 5.69 Å². The minimum atomic E-state index is -0.557. The second-order valence-electron chi connectivity index (χ2n) is 6.11. The number of aromatic nitrogens is 2. The molecule has 126 valence electrons. The minimum Gasteiger partial charge on any atom is -0.370 e. The summed E-state index contributed by atoms with van der Waals surface area (Å²) in [7, 11) is 2.94. The summed E-state index contributed by atoms with van der Waals surface area (Å²) in [4.78, 5) is 23.9. The van der Waals surface area contributed by atoms with Crippen LogP contribution < -0.4 is 21.9 Å². The standard InChI is InChI=1S/C16H25N5O2/c1-20-14(13(11-17)15(22)21(2)16(20)23)19-10-6-9-18-12-7-4-3-5-8-12/h12,18-19H,3-10H2,1-2H3. The Labute approximate surface area is 135 Å². The number of nitriles is 1. The van der Waals surface area contributed by atoms with Crippen LogP contribution in [-0.2, 0) is 14.1 Å². The number of hydrogen-bond donors (Lipinski definition) is 2. The smallest absolute Gasteiger partial charge is 0.332 e. The van der Waals surface area contributed by atoms with Crippen LogP contribution in [-0.4, -0.2) is 28.3 Å². The van der Waals surface area contributed by atoms with Gasteiger partial charge in [0, 0.05) is 26.7 Å². The van der Waals surface area contributed by atoms with Crippen LogP contribution in [0.1, 0.15) is 44.1 Å². The molecule has 0 aromatic carbocycles. The summed E-state index contributed by atoms with van der Waals surface area (Å²) in [5.74, 6) is 0.304. The summed E-state index contributed by atoms with van der Waals surface area (Å²) >= 11 is 0. The Bertz CT molecular complexity index is 692. The van der Waals surface area contributed by atoms with E-state index in [1.54, 1.807) is 7.05 Å². The predicted octanol–water partition coefficient (Wildman–Crippen LogP) is 0.680. The Hall–Kier alpha value is -2.07. The molecule has 2 rings (SSSR count). The van der Waals surface area contributed by atoms with Crippen molar-refractivity contribution in [3.05, 3.63) is 26.4 Å². The van der Waals surface area contributed by atoms with E-state index in [0.717, 1.165) is 17.5 Å². The summed E-state index contributed by atoms with van der Waals surface area (Å²) in [6.07, 6.45) is 7.30. The van der Waals surface area contributed by atoms with Crippen molar-refractivity contribution >= 4 is 5.82 Å². The summed E-state index contributed by atoms with van der Waals surface area (Å²) in [5.41, 5.74) is -1.01. The van der Waals surface area contributed by atoms with Crippen molar-refractivity contribution < 1.29 is 0 Å². The first-order chi connectivity index (χ1) is 11.1. The molecule has 1 saturated carbocycles. The van der Waals surface area contributed by atoms with Crippen LogP contribution in [0.5, 0.6) is 0 Å². The summed E-state index contributed by atoms with van der Waals surface area (Å²) in [5, 5.41) is 15.8. The highest BCUT2D eigenvalue weighted by atomic mass is 16.2. The van der Waals surface area contributed by atoms with Gasteiger partial charge in [-0.3, -0.25) is 13.9 Å². The molecule has 1 aliphatic rings. The van der Waals surface area contributed by atoms with E-state index >= 15 is 0 Å². The van der Waals surface area contributed by atoms with Gasteiger partial charge in [-0.2, -0.15) is 5.26 Å². The number of nitrogens with one attached hydrogen (secondary N) is 2. The Balaban J connectivity index is 1.92. The predicted molar refractivity (Wildman–Crippen MR) is 89.6 cm³/mol. The van der Waals surface area contributed by atoms with Gasteiger partial charge in [-0.15, -0.1) is 0 Å². The molecule has 0 atom stereocenters. The summed E-state index contributed by atoms with van der Waals surface area (Å²) < 4.78 is 2.27. The van der Waals surface area contributed by atoms with Crippen LogP contribution in [0.2, 0.25) is 0 Å². The van der Waals surface area contributed by atoms with Crippen molar-refractivity contribution in [1.82, 2.24) is 14.5 Å².